The van der Waals surface area contributed by atoms with E-state index in [2.05, 4.69) is 22.1 Å². The number of halogens is 1. The Kier molecular flexibility index (Phi) is 3.11. The Morgan fingerprint density at radius 3 is 2.73 bits per heavy atom. The largest absolute Gasteiger partial charge is 0.254 e. The van der Waals surface area contributed by atoms with Crippen molar-refractivity contribution in [3.63, 3.8) is 0 Å². The molecule has 0 saturated carbocycles. The first-order valence-electron chi connectivity index (χ1n) is 6.96. The van der Waals surface area contributed by atoms with Crippen molar-refractivity contribution in [2.24, 2.45) is 0 Å². The highest BCUT2D eigenvalue weighted by Crippen LogP contribution is 2.34. The van der Waals surface area contributed by atoms with Crippen LogP contribution >= 0.6 is 11.8 Å². The third-order valence-corrected chi connectivity index (χ3v) is 4.74. The van der Waals surface area contributed by atoms with E-state index in [0.717, 1.165) is 27.5 Å². The predicted molar refractivity (Wildman–Crippen MR) is 85.5 cm³/mol. The Morgan fingerprint density at radius 2 is 1.91 bits per heavy atom. The molecule has 2 heterocycles. The molecule has 2 aromatic heterocycles. The van der Waals surface area contributed by atoms with E-state index in [1.165, 1.54) is 12.1 Å². The number of rotatable bonds is 3. The summed E-state index contributed by atoms with van der Waals surface area (Å²) in [6.45, 7) is 2.08. The van der Waals surface area contributed by atoms with Crippen LogP contribution in [0.2, 0.25) is 0 Å². The first-order chi connectivity index (χ1) is 10.7. The summed E-state index contributed by atoms with van der Waals surface area (Å²) in [5.74, 6) is 0.513. The molecule has 0 aliphatic rings. The van der Waals surface area contributed by atoms with E-state index in [1.807, 2.05) is 40.8 Å². The summed E-state index contributed by atoms with van der Waals surface area (Å²) < 4.78 is 15.0. The number of para-hydroxylation sites is 2. The number of aromatic nitrogens is 4. The Bertz CT molecular complexity index is 942. The SMILES string of the molecule is C[C@@H](Sc1n[nH]c2nc3ccccc3n12)c1ccc(F)cc1. The van der Waals surface area contributed by atoms with E-state index in [9.17, 15) is 4.39 Å². The fourth-order valence-corrected chi connectivity index (χ4v) is 3.48. The van der Waals surface area contributed by atoms with Crippen molar-refractivity contribution in [2.75, 3.05) is 0 Å². The zero-order valence-electron chi connectivity index (χ0n) is 11.8. The second kappa shape index (κ2) is 5.14. The van der Waals surface area contributed by atoms with Crippen molar-refractivity contribution in [1.29, 1.82) is 0 Å². The molecule has 110 valence electrons. The smallest absolute Gasteiger partial charge is 0.231 e. The van der Waals surface area contributed by atoms with Gasteiger partial charge in [-0.25, -0.2) is 14.5 Å². The number of nitrogens with one attached hydrogen (secondary N) is 1. The van der Waals surface area contributed by atoms with Gasteiger partial charge in [0, 0.05) is 5.25 Å². The van der Waals surface area contributed by atoms with E-state index in [1.54, 1.807) is 11.8 Å². The van der Waals surface area contributed by atoms with E-state index >= 15 is 0 Å². The van der Waals surface area contributed by atoms with Crippen LogP contribution in [0.3, 0.4) is 0 Å². The molecule has 0 bridgehead atoms. The predicted octanol–water partition coefficient (Wildman–Crippen LogP) is 4.20. The summed E-state index contributed by atoms with van der Waals surface area (Å²) >= 11 is 1.62. The Morgan fingerprint density at radius 1 is 1.14 bits per heavy atom. The standard InChI is InChI=1S/C16H13FN4S/c1-10(11-6-8-12(17)9-7-11)22-16-20-19-15-18-13-4-2-3-5-14(13)21(15)16/h2-10H,1H3,(H,18,19)/t10-/m1/s1. The van der Waals surface area contributed by atoms with Gasteiger partial charge in [-0.05, 0) is 36.8 Å². The number of thioether (sulfide) groups is 1. The summed E-state index contributed by atoms with van der Waals surface area (Å²) in [6.07, 6.45) is 0. The second-order valence-corrected chi connectivity index (χ2v) is 6.39. The van der Waals surface area contributed by atoms with Gasteiger partial charge in [-0.1, -0.05) is 36.0 Å². The van der Waals surface area contributed by atoms with E-state index in [-0.39, 0.29) is 11.1 Å². The monoisotopic (exact) mass is 312 g/mol. The maximum atomic E-state index is 13.0. The third kappa shape index (κ3) is 2.16. The minimum Gasteiger partial charge on any atom is -0.254 e. The molecule has 0 spiro atoms. The van der Waals surface area contributed by atoms with Crippen molar-refractivity contribution >= 4 is 28.6 Å². The van der Waals surface area contributed by atoms with Crippen molar-refractivity contribution in [2.45, 2.75) is 17.3 Å². The number of hydrogen-bond donors (Lipinski definition) is 1. The van der Waals surface area contributed by atoms with Gasteiger partial charge in [-0.2, -0.15) is 0 Å². The van der Waals surface area contributed by atoms with Crippen LogP contribution in [0, 0.1) is 5.82 Å². The Labute approximate surface area is 130 Å². The lowest BCUT2D eigenvalue weighted by Crippen LogP contribution is -1.92. The number of aromatic amines is 1. The highest BCUT2D eigenvalue weighted by molar-refractivity contribution is 7.99. The molecule has 0 amide bonds. The summed E-state index contributed by atoms with van der Waals surface area (Å²) in [5.41, 5.74) is 3.03. The van der Waals surface area contributed by atoms with Gasteiger partial charge in [0.1, 0.15) is 5.82 Å². The van der Waals surface area contributed by atoms with Crippen molar-refractivity contribution in [1.82, 2.24) is 19.6 Å². The van der Waals surface area contributed by atoms with Gasteiger partial charge in [0.2, 0.25) is 5.78 Å². The molecule has 4 aromatic rings. The quantitative estimate of drug-likeness (QED) is 0.577. The normalized spacial score (nSPS) is 13.0. The Balaban J connectivity index is 1.73. The van der Waals surface area contributed by atoms with Gasteiger partial charge in [-0.3, -0.25) is 4.40 Å². The summed E-state index contributed by atoms with van der Waals surface area (Å²) in [6, 6.07) is 14.5. The number of imidazole rings is 1. The second-order valence-electron chi connectivity index (χ2n) is 5.08. The van der Waals surface area contributed by atoms with Gasteiger partial charge >= 0.3 is 0 Å². The van der Waals surface area contributed by atoms with Gasteiger partial charge in [0.25, 0.3) is 0 Å². The summed E-state index contributed by atoms with van der Waals surface area (Å²) in [4.78, 5) is 4.51. The molecule has 4 rings (SSSR count). The lowest BCUT2D eigenvalue weighted by atomic mass is 10.2. The van der Waals surface area contributed by atoms with E-state index in [0.29, 0.717) is 0 Å². The van der Waals surface area contributed by atoms with Gasteiger partial charge in [0.15, 0.2) is 5.16 Å². The molecule has 0 radical (unpaired) electrons. The lowest BCUT2D eigenvalue weighted by Gasteiger charge is -2.09. The Hall–Kier alpha value is -2.34. The zero-order chi connectivity index (χ0) is 15.1. The molecule has 2 aromatic carbocycles. The molecular weight excluding hydrogens is 299 g/mol. The van der Waals surface area contributed by atoms with Crippen molar-refractivity contribution in [3.8, 4) is 0 Å². The number of H-pyrrole nitrogens is 1. The molecular formula is C16H13FN4S. The average Bonchev–Trinajstić information content (AvgIpc) is 3.08. The molecule has 0 fully saturated rings. The molecule has 0 saturated heterocycles. The average molecular weight is 312 g/mol. The molecule has 0 unspecified atom stereocenters. The topological polar surface area (TPSA) is 46.0 Å². The summed E-state index contributed by atoms with van der Waals surface area (Å²) in [5, 5.41) is 8.33. The van der Waals surface area contributed by atoms with Crippen molar-refractivity contribution < 1.29 is 4.39 Å². The first kappa shape index (κ1) is 13.3. The van der Waals surface area contributed by atoms with Gasteiger partial charge < -0.3 is 0 Å². The van der Waals surface area contributed by atoms with Crippen LogP contribution < -0.4 is 0 Å². The fourth-order valence-electron chi connectivity index (χ4n) is 2.48. The van der Waals surface area contributed by atoms with Crippen LogP contribution in [0.1, 0.15) is 17.7 Å². The zero-order valence-corrected chi connectivity index (χ0v) is 12.6. The number of benzene rings is 2. The first-order valence-corrected chi connectivity index (χ1v) is 7.84. The molecule has 1 atom stereocenters. The molecule has 4 nitrogen and oxygen atoms in total. The molecule has 1 N–H and O–H groups in total. The maximum Gasteiger partial charge on any atom is 0.231 e. The summed E-state index contributed by atoms with van der Waals surface area (Å²) in [7, 11) is 0. The highest BCUT2D eigenvalue weighted by atomic mass is 32.2. The van der Waals surface area contributed by atoms with Gasteiger partial charge in [-0.15, -0.1) is 5.10 Å². The van der Waals surface area contributed by atoms with Gasteiger partial charge in [0.05, 0.1) is 11.0 Å². The minimum absolute atomic E-state index is 0.160. The molecule has 22 heavy (non-hydrogen) atoms. The van der Waals surface area contributed by atoms with Crippen molar-refractivity contribution in [3.05, 3.63) is 59.9 Å². The van der Waals surface area contributed by atoms with Crippen LogP contribution in [0.25, 0.3) is 16.8 Å². The van der Waals surface area contributed by atoms with Crippen LogP contribution in [-0.2, 0) is 0 Å². The lowest BCUT2D eigenvalue weighted by molar-refractivity contribution is 0.627. The van der Waals surface area contributed by atoms with Crippen LogP contribution in [0.5, 0.6) is 0 Å². The van der Waals surface area contributed by atoms with E-state index < -0.39 is 0 Å². The molecule has 0 aliphatic carbocycles. The minimum atomic E-state index is -0.219. The maximum absolute atomic E-state index is 13.0. The molecule has 6 heteroatoms. The highest BCUT2D eigenvalue weighted by Gasteiger charge is 2.15. The number of fused-ring (bicyclic) bond motifs is 3. The molecule has 0 aliphatic heterocycles. The van der Waals surface area contributed by atoms with Crippen LogP contribution in [0.4, 0.5) is 4.39 Å². The fraction of sp³-hybridized carbons (Fsp3) is 0.125. The van der Waals surface area contributed by atoms with Crippen LogP contribution in [0.15, 0.2) is 53.7 Å². The number of nitrogens with zero attached hydrogens (tertiary/aromatic N) is 3. The number of hydrogen-bond acceptors (Lipinski definition) is 3. The third-order valence-electron chi connectivity index (χ3n) is 3.63. The van der Waals surface area contributed by atoms with Crippen LogP contribution in [-0.4, -0.2) is 19.6 Å². The van der Waals surface area contributed by atoms with E-state index in [4.69, 9.17) is 0 Å².